The summed E-state index contributed by atoms with van der Waals surface area (Å²) < 4.78 is 0.893. The molecule has 0 amide bonds. The third kappa shape index (κ3) is 2.13. The lowest BCUT2D eigenvalue weighted by molar-refractivity contribution is 0.350. The van der Waals surface area contributed by atoms with E-state index in [0.29, 0.717) is 5.57 Å². The SMILES string of the molecule is C=C(CO)c1cncc(Br)c1. The molecular formula is C8H8BrNO. The number of aliphatic hydroxyl groups is 1. The van der Waals surface area contributed by atoms with Gasteiger partial charge in [0.25, 0.3) is 0 Å². The molecule has 0 aliphatic carbocycles. The van der Waals surface area contributed by atoms with Crippen molar-refractivity contribution in [3.8, 4) is 0 Å². The molecule has 0 aliphatic rings. The first-order chi connectivity index (χ1) is 5.24. The molecule has 58 valence electrons. The van der Waals surface area contributed by atoms with Crippen molar-refractivity contribution in [1.29, 1.82) is 0 Å². The van der Waals surface area contributed by atoms with Crippen molar-refractivity contribution in [2.45, 2.75) is 0 Å². The summed E-state index contributed by atoms with van der Waals surface area (Å²) >= 11 is 3.27. The van der Waals surface area contributed by atoms with Gasteiger partial charge in [-0.15, -0.1) is 0 Å². The van der Waals surface area contributed by atoms with E-state index in [4.69, 9.17) is 5.11 Å². The highest BCUT2D eigenvalue weighted by Gasteiger charge is 1.97. The Bertz CT molecular complexity index is 273. The topological polar surface area (TPSA) is 33.1 Å². The molecule has 1 aromatic rings. The summed E-state index contributed by atoms with van der Waals surface area (Å²) in [6.07, 6.45) is 3.36. The first-order valence-corrected chi connectivity index (χ1v) is 3.93. The highest BCUT2D eigenvalue weighted by molar-refractivity contribution is 9.10. The highest BCUT2D eigenvalue weighted by atomic mass is 79.9. The molecule has 0 aromatic carbocycles. The highest BCUT2D eigenvalue weighted by Crippen LogP contribution is 2.15. The van der Waals surface area contributed by atoms with Gasteiger partial charge in [0.2, 0.25) is 0 Å². The van der Waals surface area contributed by atoms with E-state index in [2.05, 4.69) is 27.5 Å². The fourth-order valence-electron chi connectivity index (χ4n) is 0.696. The molecule has 1 rings (SSSR count). The molecule has 0 radical (unpaired) electrons. The van der Waals surface area contributed by atoms with Crippen LogP contribution < -0.4 is 0 Å². The van der Waals surface area contributed by atoms with Gasteiger partial charge in [0.1, 0.15) is 0 Å². The van der Waals surface area contributed by atoms with Crippen LogP contribution in [0.15, 0.2) is 29.5 Å². The molecule has 0 bridgehead atoms. The van der Waals surface area contributed by atoms with Gasteiger partial charge in [-0.1, -0.05) is 6.58 Å². The third-order valence-electron chi connectivity index (χ3n) is 1.30. The summed E-state index contributed by atoms with van der Waals surface area (Å²) in [5.74, 6) is 0. The second-order valence-corrected chi connectivity index (χ2v) is 3.07. The van der Waals surface area contributed by atoms with Crippen LogP contribution in [-0.2, 0) is 0 Å². The Morgan fingerprint density at radius 2 is 2.36 bits per heavy atom. The molecule has 0 unspecified atom stereocenters. The van der Waals surface area contributed by atoms with Gasteiger partial charge in [0.15, 0.2) is 0 Å². The fraction of sp³-hybridized carbons (Fsp3) is 0.125. The van der Waals surface area contributed by atoms with Crippen molar-refractivity contribution >= 4 is 21.5 Å². The summed E-state index contributed by atoms with van der Waals surface area (Å²) in [6, 6.07) is 1.87. The molecule has 1 N–H and O–H groups in total. The van der Waals surface area contributed by atoms with Crippen molar-refractivity contribution in [2.24, 2.45) is 0 Å². The quantitative estimate of drug-likeness (QED) is 0.814. The Balaban J connectivity index is 2.96. The monoisotopic (exact) mass is 213 g/mol. The van der Waals surface area contributed by atoms with Crippen LogP contribution in [0.2, 0.25) is 0 Å². The predicted molar refractivity (Wildman–Crippen MR) is 48.1 cm³/mol. The van der Waals surface area contributed by atoms with Gasteiger partial charge >= 0.3 is 0 Å². The van der Waals surface area contributed by atoms with Crippen LogP contribution in [-0.4, -0.2) is 16.7 Å². The number of aromatic nitrogens is 1. The molecule has 0 spiro atoms. The molecule has 3 heteroatoms. The number of rotatable bonds is 2. The van der Waals surface area contributed by atoms with Crippen LogP contribution in [0.1, 0.15) is 5.56 Å². The summed E-state index contributed by atoms with van der Waals surface area (Å²) in [5, 5.41) is 8.74. The number of nitrogens with zero attached hydrogens (tertiary/aromatic N) is 1. The lowest BCUT2D eigenvalue weighted by Gasteiger charge is -2.00. The first-order valence-electron chi connectivity index (χ1n) is 3.13. The number of hydrogen-bond acceptors (Lipinski definition) is 2. The van der Waals surface area contributed by atoms with Crippen molar-refractivity contribution in [3.05, 3.63) is 35.1 Å². The second-order valence-electron chi connectivity index (χ2n) is 2.15. The first kappa shape index (κ1) is 8.43. The van der Waals surface area contributed by atoms with Crippen LogP contribution in [0, 0.1) is 0 Å². The van der Waals surface area contributed by atoms with Gasteiger partial charge in [-0.3, -0.25) is 4.98 Å². The van der Waals surface area contributed by atoms with Gasteiger partial charge in [0.05, 0.1) is 6.61 Å². The van der Waals surface area contributed by atoms with Crippen LogP contribution in [0.25, 0.3) is 5.57 Å². The Morgan fingerprint density at radius 3 is 2.91 bits per heavy atom. The van der Waals surface area contributed by atoms with E-state index in [9.17, 15) is 0 Å². The summed E-state index contributed by atoms with van der Waals surface area (Å²) in [5.41, 5.74) is 1.54. The molecule has 1 heterocycles. The maximum Gasteiger partial charge on any atom is 0.0682 e. The summed E-state index contributed by atoms with van der Waals surface area (Å²) in [7, 11) is 0. The zero-order chi connectivity index (χ0) is 8.27. The zero-order valence-electron chi connectivity index (χ0n) is 5.92. The predicted octanol–water partition coefficient (Wildman–Crippen LogP) is 1.85. The van der Waals surface area contributed by atoms with Crippen molar-refractivity contribution < 1.29 is 5.11 Å². The Hall–Kier alpha value is -0.670. The molecule has 1 aromatic heterocycles. The van der Waals surface area contributed by atoms with E-state index in [1.807, 2.05) is 6.07 Å². The molecule has 0 saturated heterocycles. The van der Waals surface area contributed by atoms with E-state index in [0.717, 1.165) is 10.0 Å². The van der Waals surface area contributed by atoms with Crippen LogP contribution in [0.3, 0.4) is 0 Å². The lowest BCUT2D eigenvalue weighted by Crippen LogP contribution is -1.88. The summed E-state index contributed by atoms with van der Waals surface area (Å²) in [6.45, 7) is 3.64. The van der Waals surface area contributed by atoms with Crippen molar-refractivity contribution in [1.82, 2.24) is 4.98 Å². The number of aliphatic hydroxyl groups excluding tert-OH is 1. The number of pyridine rings is 1. The van der Waals surface area contributed by atoms with Crippen molar-refractivity contribution in [2.75, 3.05) is 6.61 Å². The maximum atomic E-state index is 8.74. The van der Waals surface area contributed by atoms with Crippen LogP contribution in [0.5, 0.6) is 0 Å². The van der Waals surface area contributed by atoms with Crippen LogP contribution >= 0.6 is 15.9 Å². The van der Waals surface area contributed by atoms with Gasteiger partial charge in [-0.2, -0.15) is 0 Å². The number of hydrogen-bond donors (Lipinski definition) is 1. The molecule has 2 nitrogen and oxygen atoms in total. The van der Waals surface area contributed by atoms with Gasteiger partial charge in [-0.25, -0.2) is 0 Å². The summed E-state index contributed by atoms with van der Waals surface area (Å²) in [4.78, 5) is 3.93. The van der Waals surface area contributed by atoms with Crippen LogP contribution in [0.4, 0.5) is 0 Å². The lowest BCUT2D eigenvalue weighted by atomic mass is 10.1. The maximum absolute atomic E-state index is 8.74. The molecule has 11 heavy (non-hydrogen) atoms. The minimum absolute atomic E-state index is 0.0296. The Labute approximate surface area is 73.7 Å². The number of halogens is 1. The molecular weight excluding hydrogens is 206 g/mol. The Kier molecular flexibility index (Phi) is 2.79. The van der Waals surface area contributed by atoms with Crippen molar-refractivity contribution in [3.63, 3.8) is 0 Å². The standard InChI is InChI=1S/C8H8BrNO/c1-6(5-11)7-2-8(9)4-10-3-7/h2-4,11H,1,5H2. The van der Waals surface area contributed by atoms with Gasteiger partial charge in [0, 0.05) is 16.9 Å². The normalized spacial score (nSPS) is 9.64. The molecule has 0 fully saturated rings. The Morgan fingerprint density at radius 1 is 1.64 bits per heavy atom. The minimum atomic E-state index is -0.0296. The fourth-order valence-corrected chi connectivity index (χ4v) is 1.06. The molecule has 0 saturated carbocycles. The minimum Gasteiger partial charge on any atom is -0.392 e. The third-order valence-corrected chi connectivity index (χ3v) is 1.74. The van der Waals surface area contributed by atoms with E-state index in [1.54, 1.807) is 12.4 Å². The molecule has 0 aliphatic heterocycles. The average molecular weight is 214 g/mol. The van der Waals surface area contributed by atoms with Gasteiger partial charge < -0.3 is 5.11 Å². The van der Waals surface area contributed by atoms with E-state index < -0.39 is 0 Å². The zero-order valence-corrected chi connectivity index (χ0v) is 7.50. The smallest absolute Gasteiger partial charge is 0.0682 e. The second kappa shape index (κ2) is 3.64. The van der Waals surface area contributed by atoms with E-state index in [-0.39, 0.29) is 6.61 Å². The molecule has 0 atom stereocenters. The van der Waals surface area contributed by atoms with Gasteiger partial charge in [-0.05, 0) is 33.1 Å². The van der Waals surface area contributed by atoms with E-state index >= 15 is 0 Å². The average Bonchev–Trinajstić information content (AvgIpc) is 2.03. The van der Waals surface area contributed by atoms with E-state index in [1.165, 1.54) is 0 Å². The largest absolute Gasteiger partial charge is 0.392 e.